The van der Waals surface area contributed by atoms with Gasteiger partial charge in [0.25, 0.3) is 0 Å². The molecule has 0 aromatic carbocycles. The smallest absolute Gasteiger partial charge is 0.106 e. The Balaban J connectivity index is 2.00. The standard InChI is InChI=1S/C3H7NOS/c1-2-5-3-6-4-1/h4H,1-3H2. The summed E-state index contributed by atoms with van der Waals surface area (Å²) in [4.78, 5) is 0. The molecule has 1 aliphatic rings. The van der Waals surface area contributed by atoms with Crippen LogP contribution in [-0.4, -0.2) is 19.1 Å². The predicted octanol–water partition coefficient (Wildman–Crippen LogP) is 0.212. The Labute approximate surface area is 41.4 Å². The first-order valence-electron chi connectivity index (χ1n) is 1.92. The second kappa shape index (κ2) is 2.44. The molecule has 0 saturated carbocycles. The summed E-state index contributed by atoms with van der Waals surface area (Å²) in [6, 6.07) is 0. The van der Waals surface area contributed by atoms with Crippen molar-refractivity contribution in [3.8, 4) is 0 Å². The van der Waals surface area contributed by atoms with E-state index in [4.69, 9.17) is 4.74 Å². The first-order chi connectivity index (χ1) is 3.00. The number of ether oxygens (including phenoxy) is 1. The average Bonchev–Trinajstić information content (AvgIpc) is 1.72. The lowest BCUT2D eigenvalue weighted by molar-refractivity contribution is 0.179. The van der Waals surface area contributed by atoms with Gasteiger partial charge in [0.1, 0.15) is 5.94 Å². The Morgan fingerprint density at radius 1 is 1.67 bits per heavy atom. The summed E-state index contributed by atoms with van der Waals surface area (Å²) in [5, 5.41) is 0. The van der Waals surface area contributed by atoms with Crippen molar-refractivity contribution in [2.75, 3.05) is 19.1 Å². The van der Waals surface area contributed by atoms with Crippen LogP contribution in [0.25, 0.3) is 0 Å². The van der Waals surface area contributed by atoms with Crippen LogP contribution in [0.3, 0.4) is 0 Å². The van der Waals surface area contributed by atoms with Crippen molar-refractivity contribution < 1.29 is 4.74 Å². The molecule has 0 spiro atoms. The maximum atomic E-state index is 4.97. The van der Waals surface area contributed by atoms with Gasteiger partial charge in [-0.05, 0) is 0 Å². The molecule has 1 N–H and O–H groups in total. The van der Waals surface area contributed by atoms with Crippen LogP contribution in [0.2, 0.25) is 0 Å². The second-order valence-electron chi connectivity index (χ2n) is 1.06. The fraction of sp³-hybridized carbons (Fsp3) is 1.00. The first-order valence-corrected chi connectivity index (χ1v) is 2.91. The third kappa shape index (κ3) is 1.16. The summed E-state index contributed by atoms with van der Waals surface area (Å²) < 4.78 is 8.05. The summed E-state index contributed by atoms with van der Waals surface area (Å²) in [7, 11) is 0. The minimum absolute atomic E-state index is 0.806. The lowest BCUT2D eigenvalue weighted by Crippen LogP contribution is -2.19. The number of hydrogen-bond donors (Lipinski definition) is 1. The molecule has 0 unspecified atom stereocenters. The molecular formula is C3H7NOS. The van der Waals surface area contributed by atoms with Crippen molar-refractivity contribution in [3.63, 3.8) is 0 Å². The summed E-state index contributed by atoms with van der Waals surface area (Å²) >= 11 is 1.62. The maximum absolute atomic E-state index is 4.97. The van der Waals surface area contributed by atoms with E-state index in [0.717, 1.165) is 19.1 Å². The lowest BCUT2D eigenvalue weighted by atomic mass is 10.7. The zero-order valence-corrected chi connectivity index (χ0v) is 4.25. The highest BCUT2D eigenvalue weighted by Crippen LogP contribution is 1.96. The van der Waals surface area contributed by atoms with Gasteiger partial charge in [0.05, 0.1) is 6.61 Å². The SMILES string of the molecule is C1COCSN1. The van der Waals surface area contributed by atoms with Crippen LogP contribution in [0.15, 0.2) is 0 Å². The van der Waals surface area contributed by atoms with Crippen molar-refractivity contribution in [1.82, 2.24) is 4.72 Å². The van der Waals surface area contributed by atoms with E-state index in [1.54, 1.807) is 11.9 Å². The highest BCUT2D eigenvalue weighted by Gasteiger charge is 1.93. The fourth-order valence-electron chi connectivity index (χ4n) is 0.328. The lowest BCUT2D eigenvalue weighted by Gasteiger charge is -2.09. The van der Waals surface area contributed by atoms with Crippen molar-refractivity contribution in [2.24, 2.45) is 0 Å². The van der Waals surface area contributed by atoms with E-state index < -0.39 is 0 Å². The van der Waals surface area contributed by atoms with E-state index in [1.165, 1.54) is 0 Å². The number of rotatable bonds is 0. The topological polar surface area (TPSA) is 21.3 Å². The van der Waals surface area contributed by atoms with E-state index >= 15 is 0 Å². The van der Waals surface area contributed by atoms with Crippen LogP contribution < -0.4 is 4.72 Å². The third-order valence-electron chi connectivity index (χ3n) is 0.593. The zero-order chi connectivity index (χ0) is 4.24. The van der Waals surface area contributed by atoms with Crippen LogP contribution in [0, 0.1) is 0 Å². The Hall–Kier alpha value is 0.270. The average molecular weight is 105 g/mol. The highest BCUT2D eigenvalue weighted by molar-refractivity contribution is 7.97. The third-order valence-corrected chi connectivity index (χ3v) is 1.29. The van der Waals surface area contributed by atoms with E-state index in [-0.39, 0.29) is 0 Å². The summed E-state index contributed by atoms with van der Waals surface area (Å²) in [5.74, 6) is 0.806. The Morgan fingerprint density at radius 3 is 2.83 bits per heavy atom. The van der Waals surface area contributed by atoms with Gasteiger partial charge in [0, 0.05) is 6.54 Å². The predicted molar refractivity (Wildman–Crippen MR) is 26.4 cm³/mol. The van der Waals surface area contributed by atoms with Crippen LogP contribution in [0.4, 0.5) is 0 Å². The van der Waals surface area contributed by atoms with Crippen LogP contribution >= 0.6 is 11.9 Å². The normalized spacial score (nSPS) is 24.0. The highest BCUT2D eigenvalue weighted by atomic mass is 32.2. The van der Waals surface area contributed by atoms with Crippen molar-refractivity contribution >= 4 is 11.9 Å². The minimum Gasteiger partial charge on any atom is -0.368 e. The zero-order valence-electron chi connectivity index (χ0n) is 3.44. The molecular weight excluding hydrogens is 98.1 g/mol. The molecule has 3 heteroatoms. The summed E-state index contributed by atoms with van der Waals surface area (Å²) in [5.41, 5.74) is 0. The van der Waals surface area contributed by atoms with Crippen molar-refractivity contribution in [2.45, 2.75) is 0 Å². The maximum Gasteiger partial charge on any atom is 0.106 e. The van der Waals surface area contributed by atoms with E-state index in [0.29, 0.717) is 0 Å². The summed E-state index contributed by atoms with van der Waals surface area (Å²) in [6.45, 7) is 1.86. The molecule has 2 nitrogen and oxygen atoms in total. The van der Waals surface area contributed by atoms with Gasteiger partial charge < -0.3 is 4.74 Å². The molecule has 1 aliphatic heterocycles. The Bertz CT molecular complexity index is 26.3. The molecule has 36 valence electrons. The molecule has 1 fully saturated rings. The molecule has 1 heterocycles. The van der Waals surface area contributed by atoms with Gasteiger partial charge in [-0.3, -0.25) is 4.72 Å². The number of nitrogens with one attached hydrogen (secondary N) is 1. The molecule has 0 bridgehead atoms. The molecule has 1 saturated heterocycles. The van der Waals surface area contributed by atoms with Gasteiger partial charge in [0.2, 0.25) is 0 Å². The molecule has 6 heavy (non-hydrogen) atoms. The minimum atomic E-state index is 0.806. The molecule has 1 rings (SSSR count). The van der Waals surface area contributed by atoms with Gasteiger partial charge in [-0.25, -0.2) is 0 Å². The van der Waals surface area contributed by atoms with Crippen LogP contribution in [0.5, 0.6) is 0 Å². The first kappa shape index (κ1) is 4.43. The van der Waals surface area contributed by atoms with Crippen LogP contribution in [0.1, 0.15) is 0 Å². The monoisotopic (exact) mass is 105 g/mol. The molecule has 0 aliphatic carbocycles. The Morgan fingerprint density at radius 2 is 2.67 bits per heavy atom. The van der Waals surface area contributed by atoms with Crippen molar-refractivity contribution in [3.05, 3.63) is 0 Å². The quantitative estimate of drug-likeness (QED) is 0.445. The second-order valence-corrected chi connectivity index (χ2v) is 1.88. The molecule has 0 aromatic rings. The number of hydrogen-bond acceptors (Lipinski definition) is 3. The summed E-state index contributed by atoms with van der Waals surface area (Å²) in [6.07, 6.45) is 0. The van der Waals surface area contributed by atoms with Gasteiger partial charge >= 0.3 is 0 Å². The largest absolute Gasteiger partial charge is 0.368 e. The molecule has 0 aromatic heterocycles. The molecule has 0 amide bonds. The molecule has 0 atom stereocenters. The van der Waals surface area contributed by atoms with Gasteiger partial charge in [-0.15, -0.1) is 0 Å². The fourth-order valence-corrected chi connectivity index (χ4v) is 0.840. The van der Waals surface area contributed by atoms with E-state index in [9.17, 15) is 0 Å². The Kier molecular flexibility index (Phi) is 1.80. The van der Waals surface area contributed by atoms with Crippen molar-refractivity contribution in [1.29, 1.82) is 0 Å². The van der Waals surface area contributed by atoms with Gasteiger partial charge in [-0.2, -0.15) is 0 Å². The van der Waals surface area contributed by atoms with Gasteiger partial charge in [0.15, 0.2) is 0 Å². The van der Waals surface area contributed by atoms with Crippen LogP contribution in [-0.2, 0) is 4.74 Å². The van der Waals surface area contributed by atoms with Gasteiger partial charge in [-0.1, -0.05) is 11.9 Å². The van der Waals surface area contributed by atoms with E-state index in [1.807, 2.05) is 0 Å². The van der Waals surface area contributed by atoms with E-state index in [2.05, 4.69) is 4.72 Å². The molecule has 0 radical (unpaired) electrons.